The molecule has 3 heteroatoms. The van der Waals surface area contributed by atoms with Crippen molar-refractivity contribution in [1.82, 2.24) is 4.90 Å². The molecule has 2 aliphatic heterocycles. The van der Waals surface area contributed by atoms with Gasteiger partial charge in [0.1, 0.15) is 0 Å². The molecule has 0 aromatic heterocycles. The summed E-state index contributed by atoms with van der Waals surface area (Å²) in [6, 6.07) is 0.607. The van der Waals surface area contributed by atoms with E-state index in [4.69, 9.17) is 10.5 Å². The molecule has 0 spiro atoms. The van der Waals surface area contributed by atoms with Gasteiger partial charge in [-0.25, -0.2) is 0 Å². The number of nitrogens with two attached hydrogens (primary N) is 1. The van der Waals surface area contributed by atoms with Crippen LogP contribution in [0.5, 0.6) is 0 Å². The fraction of sp³-hybridized carbons (Fsp3) is 1.00. The first-order valence-corrected chi connectivity index (χ1v) is 6.83. The third-order valence-corrected chi connectivity index (χ3v) is 4.22. The first-order chi connectivity index (χ1) is 7.81. The first kappa shape index (κ1) is 12.3. The van der Waals surface area contributed by atoms with E-state index in [0.29, 0.717) is 6.04 Å². The van der Waals surface area contributed by atoms with Crippen molar-refractivity contribution >= 4 is 0 Å². The van der Waals surface area contributed by atoms with Crippen LogP contribution >= 0.6 is 0 Å². The number of hydrogen-bond acceptors (Lipinski definition) is 3. The van der Waals surface area contributed by atoms with Crippen molar-refractivity contribution in [1.29, 1.82) is 0 Å². The van der Waals surface area contributed by atoms with Crippen molar-refractivity contribution in [2.75, 3.05) is 32.8 Å². The van der Waals surface area contributed by atoms with Gasteiger partial charge in [-0.1, -0.05) is 6.92 Å². The fourth-order valence-electron chi connectivity index (χ4n) is 3.23. The van der Waals surface area contributed by atoms with Crippen molar-refractivity contribution in [2.24, 2.45) is 17.6 Å². The molecule has 2 saturated heterocycles. The van der Waals surface area contributed by atoms with Crippen LogP contribution in [0.1, 0.15) is 32.6 Å². The Morgan fingerprint density at radius 1 is 1.31 bits per heavy atom. The minimum absolute atomic E-state index is 0.607. The quantitative estimate of drug-likeness (QED) is 0.792. The van der Waals surface area contributed by atoms with Gasteiger partial charge in [-0.3, -0.25) is 4.90 Å². The molecule has 2 heterocycles. The van der Waals surface area contributed by atoms with E-state index >= 15 is 0 Å². The highest BCUT2D eigenvalue weighted by atomic mass is 16.5. The number of nitrogens with zero attached hydrogens (tertiary/aromatic N) is 1. The molecule has 3 atom stereocenters. The number of hydrogen-bond donors (Lipinski definition) is 1. The van der Waals surface area contributed by atoms with E-state index in [9.17, 15) is 0 Å². The second kappa shape index (κ2) is 5.99. The maximum Gasteiger partial charge on any atom is 0.0506 e. The molecule has 3 nitrogen and oxygen atoms in total. The number of likely N-dealkylation sites (tertiary alicyclic amines) is 1. The average molecular weight is 226 g/mol. The second-order valence-corrected chi connectivity index (χ2v) is 5.50. The largest absolute Gasteiger partial charge is 0.381 e. The van der Waals surface area contributed by atoms with Crippen LogP contribution < -0.4 is 5.73 Å². The highest BCUT2D eigenvalue weighted by Crippen LogP contribution is 2.25. The normalized spacial score (nSPS) is 37.5. The van der Waals surface area contributed by atoms with Crippen molar-refractivity contribution in [3.05, 3.63) is 0 Å². The van der Waals surface area contributed by atoms with Crippen LogP contribution in [0, 0.1) is 11.8 Å². The molecule has 0 amide bonds. The molecule has 2 rings (SSSR count). The zero-order chi connectivity index (χ0) is 11.4. The van der Waals surface area contributed by atoms with E-state index in [0.717, 1.165) is 31.6 Å². The van der Waals surface area contributed by atoms with Crippen LogP contribution in [0.25, 0.3) is 0 Å². The lowest BCUT2D eigenvalue weighted by molar-refractivity contribution is 0.0166. The molecule has 0 radical (unpaired) electrons. The third-order valence-electron chi connectivity index (χ3n) is 4.22. The predicted molar refractivity (Wildman–Crippen MR) is 66.4 cm³/mol. The lowest BCUT2D eigenvalue weighted by Gasteiger charge is -2.41. The molecule has 0 saturated carbocycles. The van der Waals surface area contributed by atoms with Gasteiger partial charge in [0.2, 0.25) is 0 Å². The van der Waals surface area contributed by atoms with Crippen molar-refractivity contribution in [3.8, 4) is 0 Å². The minimum atomic E-state index is 0.607. The lowest BCUT2D eigenvalue weighted by Crippen LogP contribution is -2.50. The molecule has 2 fully saturated rings. The van der Waals surface area contributed by atoms with E-state index < -0.39 is 0 Å². The second-order valence-electron chi connectivity index (χ2n) is 5.50. The Bertz CT molecular complexity index is 204. The summed E-state index contributed by atoms with van der Waals surface area (Å²) in [7, 11) is 0. The molecule has 0 aliphatic carbocycles. The molecular weight excluding hydrogens is 200 g/mol. The summed E-state index contributed by atoms with van der Waals surface area (Å²) in [4.78, 5) is 2.62. The Morgan fingerprint density at radius 2 is 2.19 bits per heavy atom. The summed E-state index contributed by atoms with van der Waals surface area (Å²) in [5.74, 6) is 1.51. The predicted octanol–water partition coefficient (Wildman–Crippen LogP) is 1.47. The average Bonchev–Trinajstić information content (AvgIpc) is 2.31. The summed E-state index contributed by atoms with van der Waals surface area (Å²) in [6.07, 6.45) is 5.26. The molecule has 2 aliphatic rings. The maximum atomic E-state index is 5.92. The van der Waals surface area contributed by atoms with Crippen molar-refractivity contribution in [3.63, 3.8) is 0 Å². The van der Waals surface area contributed by atoms with Crippen LogP contribution in [0.4, 0.5) is 0 Å². The molecule has 94 valence electrons. The highest BCUT2D eigenvalue weighted by molar-refractivity contribution is 4.84. The van der Waals surface area contributed by atoms with Gasteiger partial charge in [-0.2, -0.15) is 0 Å². The summed E-state index contributed by atoms with van der Waals surface area (Å²) in [5, 5.41) is 0. The molecule has 16 heavy (non-hydrogen) atoms. The van der Waals surface area contributed by atoms with Crippen LogP contribution in [0.2, 0.25) is 0 Å². The Kier molecular flexibility index (Phi) is 4.62. The topological polar surface area (TPSA) is 38.5 Å². The zero-order valence-electron chi connectivity index (χ0n) is 10.5. The van der Waals surface area contributed by atoms with Crippen LogP contribution in [-0.2, 0) is 4.74 Å². The van der Waals surface area contributed by atoms with Crippen molar-refractivity contribution in [2.45, 2.75) is 38.6 Å². The fourth-order valence-corrected chi connectivity index (χ4v) is 3.23. The SMILES string of the molecule is CC1CCCN(CC2CCCOC2)C1CN. The highest BCUT2D eigenvalue weighted by Gasteiger charge is 2.29. The van der Waals surface area contributed by atoms with E-state index in [1.165, 1.54) is 38.8 Å². The number of rotatable bonds is 3. The minimum Gasteiger partial charge on any atom is -0.381 e. The van der Waals surface area contributed by atoms with E-state index in [-0.39, 0.29) is 0 Å². The molecule has 2 N–H and O–H groups in total. The summed E-state index contributed by atoms with van der Waals surface area (Å²) in [5.41, 5.74) is 5.92. The standard InChI is InChI=1S/C13H26N2O/c1-11-4-2-6-15(13(11)8-14)9-12-5-3-7-16-10-12/h11-13H,2-10,14H2,1H3. The van der Waals surface area contributed by atoms with Crippen molar-refractivity contribution < 1.29 is 4.74 Å². The molecule has 0 aromatic rings. The van der Waals surface area contributed by atoms with Gasteiger partial charge in [0, 0.05) is 25.7 Å². The lowest BCUT2D eigenvalue weighted by atomic mass is 9.89. The van der Waals surface area contributed by atoms with E-state index in [1.807, 2.05) is 0 Å². The van der Waals surface area contributed by atoms with Gasteiger partial charge >= 0.3 is 0 Å². The van der Waals surface area contributed by atoms with Crippen LogP contribution in [0.15, 0.2) is 0 Å². The van der Waals surface area contributed by atoms with E-state index in [1.54, 1.807) is 0 Å². The number of ether oxygens (including phenoxy) is 1. The third kappa shape index (κ3) is 2.96. The first-order valence-electron chi connectivity index (χ1n) is 6.83. The van der Waals surface area contributed by atoms with Gasteiger partial charge in [0.25, 0.3) is 0 Å². The smallest absolute Gasteiger partial charge is 0.0506 e. The van der Waals surface area contributed by atoms with Gasteiger partial charge in [-0.05, 0) is 44.1 Å². The zero-order valence-corrected chi connectivity index (χ0v) is 10.5. The molecule has 0 bridgehead atoms. The Hall–Kier alpha value is -0.120. The van der Waals surface area contributed by atoms with Gasteiger partial charge in [0.15, 0.2) is 0 Å². The number of piperidine rings is 1. The van der Waals surface area contributed by atoms with Gasteiger partial charge in [-0.15, -0.1) is 0 Å². The molecule has 3 unspecified atom stereocenters. The Morgan fingerprint density at radius 3 is 2.88 bits per heavy atom. The summed E-state index contributed by atoms with van der Waals surface area (Å²) < 4.78 is 5.56. The van der Waals surface area contributed by atoms with Gasteiger partial charge in [0.05, 0.1) is 6.61 Å². The summed E-state index contributed by atoms with van der Waals surface area (Å²) >= 11 is 0. The Labute approximate surface area is 99.3 Å². The maximum absolute atomic E-state index is 5.92. The molecule has 0 aromatic carbocycles. The van der Waals surface area contributed by atoms with E-state index in [2.05, 4.69) is 11.8 Å². The monoisotopic (exact) mass is 226 g/mol. The van der Waals surface area contributed by atoms with Crippen LogP contribution in [0.3, 0.4) is 0 Å². The van der Waals surface area contributed by atoms with Crippen LogP contribution in [-0.4, -0.2) is 43.8 Å². The molecular formula is C13H26N2O. The van der Waals surface area contributed by atoms with Gasteiger partial charge < -0.3 is 10.5 Å². The Balaban J connectivity index is 1.85. The summed E-state index contributed by atoms with van der Waals surface area (Å²) in [6.45, 7) is 7.53.